The average Bonchev–Trinajstić information content (AvgIpc) is 3.01. The number of amides is 1. The van der Waals surface area contributed by atoms with Gasteiger partial charge >= 0.3 is 0 Å². The summed E-state index contributed by atoms with van der Waals surface area (Å²) in [7, 11) is 0. The van der Waals surface area contributed by atoms with Crippen molar-refractivity contribution < 1.29 is 33.9 Å². The molecule has 9 nitrogen and oxygen atoms in total. The van der Waals surface area contributed by atoms with E-state index < -0.39 is 34.2 Å². The van der Waals surface area contributed by atoms with Gasteiger partial charge in [-0.25, -0.2) is 4.39 Å². The normalized spacial score (nSPS) is 17.9. The molecule has 0 saturated carbocycles. The van der Waals surface area contributed by atoms with Crippen molar-refractivity contribution in [2.45, 2.75) is 6.04 Å². The van der Waals surface area contributed by atoms with Crippen molar-refractivity contribution in [2.24, 2.45) is 0 Å². The summed E-state index contributed by atoms with van der Waals surface area (Å²) in [6, 6.07) is 9.11. The van der Waals surface area contributed by atoms with Gasteiger partial charge in [-0.3, -0.25) is 19.7 Å². The zero-order valence-electron chi connectivity index (χ0n) is 16.2. The third-order valence-corrected chi connectivity index (χ3v) is 4.80. The molecule has 1 heterocycles. The fourth-order valence-electron chi connectivity index (χ4n) is 3.36. The number of benzene rings is 2. The molecule has 1 atom stereocenters. The van der Waals surface area contributed by atoms with Gasteiger partial charge in [0.1, 0.15) is 11.6 Å². The van der Waals surface area contributed by atoms with Crippen LogP contribution in [0.5, 0.6) is 0 Å². The number of carbonyl (C=O) groups excluding carboxylic acids is 2. The van der Waals surface area contributed by atoms with E-state index in [0.717, 1.165) is 17.0 Å². The molecule has 0 unspecified atom stereocenters. The monoisotopic (exact) mass is 430 g/mol. The number of nitrogens with zero attached hydrogens (tertiary/aromatic N) is 2. The van der Waals surface area contributed by atoms with Crippen LogP contribution in [0, 0.1) is 15.9 Å². The van der Waals surface area contributed by atoms with Crippen molar-refractivity contribution in [3.8, 4) is 0 Å². The summed E-state index contributed by atoms with van der Waals surface area (Å²) in [4.78, 5) is 36.8. The lowest BCUT2D eigenvalue weighted by Crippen LogP contribution is -2.33. The Morgan fingerprint density at radius 3 is 2.42 bits per heavy atom. The zero-order chi connectivity index (χ0) is 22.5. The van der Waals surface area contributed by atoms with Gasteiger partial charge in [-0.2, -0.15) is 0 Å². The first kappa shape index (κ1) is 22.1. The summed E-state index contributed by atoms with van der Waals surface area (Å²) in [5, 5.41) is 30.5. The number of carbonyl (C=O) groups is 2. The van der Waals surface area contributed by atoms with Gasteiger partial charge in [-0.15, -0.1) is 0 Å². The van der Waals surface area contributed by atoms with Crippen LogP contribution in [0.1, 0.15) is 17.2 Å². The van der Waals surface area contributed by atoms with Crippen LogP contribution in [0.25, 0.3) is 5.76 Å². The molecule has 1 aliphatic rings. The maximum absolute atomic E-state index is 14.6. The minimum absolute atomic E-state index is 0.00678. The van der Waals surface area contributed by atoms with Gasteiger partial charge in [0, 0.05) is 29.8 Å². The van der Waals surface area contributed by atoms with E-state index in [1.54, 1.807) is 0 Å². The Hall–Kier alpha value is -3.63. The number of Topliss-reactive ketones (excluding diaryl/α,β-unsaturated/α-hetero) is 1. The number of nitro benzene ring substituents is 1. The van der Waals surface area contributed by atoms with Crippen molar-refractivity contribution in [1.29, 1.82) is 0 Å². The Bertz CT molecular complexity index is 1040. The fourth-order valence-corrected chi connectivity index (χ4v) is 3.36. The molecule has 2 N–H and O–H groups in total. The number of hydrogen-bond donors (Lipinski definition) is 2. The molecular formula is C21H19FN2O7. The van der Waals surface area contributed by atoms with Crippen molar-refractivity contribution in [1.82, 2.24) is 4.90 Å². The molecule has 162 valence electrons. The summed E-state index contributed by atoms with van der Waals surface area (Å²) in [5.74, 6) is -3.19. The lowest BCUT2D eigenvalue weighted by molar-refractivity contribution is -0.384. The standard InChI is InChI=1S/C21H19FN2O7/c22-16-4-2-1-3-15(16)18-17(19(26)13-5-7-14(8-6-13)24(29)30)20(27)21(28)23(18)9-11-31-12-10-25/h1-8,18,25-26H,9-12H2/b19-17+/t18-/m0/s1. The molecule has 2 aromatic rings. The maximum atomic E-state index is 14.6. The molecule has 1 aliphatic heterocycles. The van der Waals surface area contributed by atoms with Gasteiger partial charge in [-0.1, -0.05) is 18.2 Å². The minimum Gasteiger partial charge on any atom is -0.507 e. The van der Waals surface area contributed by atoms with Gasteiger partial charge in [0.15, 0.2) is 0 Å². The number of non-ortho nitro benzene ring substituents is 1. The summed E-state index contributed by atoms with van der Waals surface area (Å²) < 4.78 is 19.8. The van der Waals surface area contributed by atoms with Crippen LogP contribution in [-0.2, 0) is 14.3 Å². The van der Waals surface area contributed by atoms with Crippen LogP contribution in [-0.4, -0.2) is 58.1 Å². The number of aliphatic hydroxyl groups excluding tert-OH is 2. The molecular weight excluding hydrogens is 411 g/mol. The van der Waals surface area contributed by atoms with E-state index in [9.17, 15) is 29.2 Å². The largest absolute Gasteiger partial charge is 0.507 e. The molecule has 0 spiro atoms. The number of rotatable bonds is 8. The Morgan fingerprint density at radius 1 is 1.13 bits per heavy atom. The highest BCUT2D eigenvalue weighted by Gasteiger charge is 2.46. The van der Waals surface area contributed by atoms with Gasteiger partial charge in [0.2, 0.25) is 0 Å². The number of hydrogen-bond acceptors (Lipinski definition) is 7. The number of nitro groups is 1. The van der Waals surface area contributed by atoms with Crippen molar-refractivity contribution in [2.75, 3.05) is 26.4 Å². The molecule has 1 amide bonds. The van der Waals surface area contributed by atoms with Crippen LogP contribution in [0.4, 0.5) is 10.1 Å². The second kappa shape index (κ2) is 9.45. The number of ketones is 1. The van der Waals surface area contributed by atoms with Crippen LogP contribution in [0.15, 0.2) is 54.1 Å². The summed E-state index contributed by atoms with van der Waals surface area (Å²) in [6.45, 7) is -0.302. The van der Waals surface area contributed by atoms with E-state index in [1.807, 2.05) is 0 Å². The van der Waals surface area contributed by atoms with Crippen LogP contribution in [0.3, 0.4) is 0 Å². The second-order valence-corrected chi connectivity index (χ2v) is 6.65. The SMILES string of the molecule is O=C1C(=O)N(CCOCCO)[C@@H](c2ccccc2F)/C1=C(\O)c1ccc([N+](=O)[O-])cc1. The third-order valence-electron chi connectivity index (χ3n) is 4.80. The molecule has 10 heteroatoms. The predicted octanol–water partition coefficient (Wildman–Crippen LogP) is 2.16. The number of halogens is 1. The second-order valence-electron chi connectivity index (χ2n) is 6.65. The molecule has 1 fully saturated rings. The van der Waals surface area contributed by atoms with Crippen molar-refractivity contribution in [3.63, 3.8) is 0 Å². The lowest BCUT2D eigenvalue weighted by Gasteiger charge is -2.25. The van der Waals surface area contributed by atoms with Gasteiger partial charge in [0.05, 0.1) is 36.4 Å². The van der Waals surface area contributed by atoms with E-state index in [4.69, 9.17) is 9.84 Å². The highest BCUT2D eigenvalue weighted by Crippen LogP contribution is 2.40. The Kier molecular flexibility index (Phi) is 6.73. The molecule has 0 aliphatic carbocycles. The van der Waals surface area contributed by atoms with Crippen LogP contribution >= 0.6 is 0 Å². The van der Waals surface area contributed by atoms with E-state index in [-0.39, 0.29) is 48.8 Å². The molecule has 31 heavy (non-hydrogen) atoms. The van der Waals surface area contributed by atoms with E-state index in [1.165, 1.54) is 36.4 Å². The minimum atomic E-state index is -1.21. The lowest BCUT2D eigenvalue weighted by atomic mass is 9.95. The molecule has 1 saturated heterocycles. The molecule has 0 radical (unpaired) electrons. The first-order chi connectivity index (χ1) is 14.9. The van der Waals surface area contributed by atoms with E-state index in [0.29, 0.717) is 0 Å². The van der Waals surface area contributed by atoms with Gasteiger partial charge < -0.3 is 19.8 Å². The van der Waals surface area contributed by atoms with Crippen molar-refractivity contribution >= 4 is 23.1 Å². The van der Waals surface area contributed by atoms with Crippen molar-refractivity contribution in [3.05, 3.63) is 81.2 Å². The molecule has 3 rings (SSSR count). The first-order valence-electron chi connectivity index (χ1n) is 9.33. The third kappa shape index (κ3) is 4.44. The van der Waals surface area contributed by atoms with Crippen LogP contribution < -0.4 is 0 Å². The number of aliphatic hydroxyl groups is 2. The van der Waals surface area contributed by atoms with E-state index >= 15 is 0 Å². The smallest absolute Gasteiger partial charge is 0.295 e. The van der Waals surface area contributed by atoms with Crippen LogP contribution in [0.2, 0.25) is 0 Å². The quantitative estimate of drug-likeness (QED) is 0.164. The number of ether oxygens (including phenoxy) is 1. The fraction of sp³-hybridized carbons (Fsp3) is 0.238. The molecule has 0 aromatic heterocycles. The Balaban J connectivity index is 2.08. The summed E-state index contributed by atoms with van der Waals surface area (Å²) in [5.41, 5.74) is -0.469. The predicted molar refractivity (Wildman–Crippen MR) is 106 cm³/mol. The topological polar surface area (TPSA) is 130 Å². The highest BCUT2D eigenvalue weighted by atomic mass is 19.1. The highest BCUT2D eigenvalue weighted by molar-refractivity contribution is 6.46. The Labute approximate surface area is 176 Å². The molecule has 0 bridgehead atoms. The van der Waals surface area contributed by atoms with Gasteiger partial charge in [0.25, 0.3) is 17.4 Å². The molecule has 2 aromatic carbocycles. The maximum Gasteiger partial charge on any atom is 0.295 e. The van der Waals surface area contributed by atoms with E-state index in [2.05, 4.69) is 0 Å². The average molecular weight is 430 g/mol. The summed E-state index contributed by atoms with van der Waals surface area (Å²) >= 11 is 0. The zero-order valence-corrected chi connectivity index (χ0v) is 16.2. The van der Waals surface area contributed by atoms with Gasteiger partial charge in [-0.05, 0) is 18.2 Å². The Morgan fingerprint density at radius 2 is 1.81 bits per heavy atom. The summed E-state index contributed by atoms with van der Waals surface area (Å²) in [6.07, 6.45) is 0. The number of likely N-dealkylation sites (tertiary alicyclic amines) is 1. The first-order valence-corrected chi connectivity index (χ1v) is 9.33.